The zero-order valence-electron chi connectivity index (χ0n) is 13.0. The minimum absolute atomic E-state index is 0.303. The first-order valence-corrected chi connectivity index (χ1v) is 8.29. The monoisotopic (exact) mass is 272 g/mol. The van der Waals surface area contributed by atoms with Gasteiger partial charge in [0.25, 0.3) is 0 Å². The summed E-state index contributed by atoms with van der Waals surface area (Å²) in [5, 5.41) is 3.54. The van der Waals surface area contributed by atoms with Crippen molar-refractivity contribution in [2.45, 2.75) is 51.0 Å². The van der Waals surface area contributed by atoms with Gasteiger partial charge in [0.05, 0.1) is 0 Å². The van der Waals surface area contributed by atoms with Crippen molar-refractivity contribution in [2.75, 3.05) is 26.2 Å². The maximum Gasteiger partial charge on any atom is 0.0484 e. The highest BCUT2D eigenvalue weighted by Crippen LogP contribution is 2.39. The zero-order chi connectivity index (χ0) is 14.0. The molecular formula is C18H28N2. The van der Waals surface area contributed by atoms with Crippen LogP contribution in [0.3, 0.4) is 0 Å². The topological polar surface area (TPSA) is 15.3 Å². The summed E-state index contributed by atoms with van der Waals surface area (Å²) in [6.07, 6.45) is 5.26. The molecule has 110 valence electrons. The van der Waals surface area contributed by atoms with Crippen molar-refractivity contribution in [3.8, 4) is 0 Å². The van der Waals surface area contributed by atoms with Crippen molar-refractivity contribution in [3.63, 3.8) is 0 Å². The fourth-order valence-electron chi connectivity index (χ4n) is 3.95. The average molecular weight is 272 g/mol. The van der Waals surface area contributed by atoms with Crippen LogP contribution in [0.1, 0.15) is 56.6 Å². The van der Waals surface area contributed by atoms with Crippen LogP contribution in [0.15, 0.2) is 24.3 Å². The first-order chi connectivity index (χ1) is 9.72. The van der Waals surface area contributed by atoms with E-state index in [4.69, 9.17) is 0 Å². The standard InChI is InChI=1S/C18H28N2/c1-15(2)16-5-7-17(8-6-16)18(9-11-19-12-10-18)20-13-3-4-14-20/h5-8,15,19H,3-4,9-14H2,1-2H3. The molecule has 2 aliphatic heterocycles. The van der Waals surface area contributed by atoms with E-state index in [2.05, 4.69) is 48.3 Å². The second-order valence-electron chi connectivity index (χ2n) is 6.75. The van der Waals surface area contributed by atoms with Gasteiger partial charge in [-0.1, -0.05) is 38.1 Å². The number of hydrogen-bond donors (Lipinski definition) is 1. The molecule has 0 radical (unpaired) electrons. The molecule has 0 amide bonds. The summed E-state index contributed by atoms with van der Waals surface area (Å²) in [5.41, 5.74) is 3.31. The molecule has 0 aliphatic carbocycles. The van der Waals surface area contributed by atoms with Gasteiger partial charge in [0.2, 0.25) is 0 Å². The maximum absolute atomic E-state index is 3.54. The number of benzene rings is 1. The molecule has 2 aliphatic rings. The van der Waals surface area contributed by atoms with Gasteiger partial charge >= 0.3 is 0 Å². The van der Waals surface area contributed by atoms with E-state index in [1.807, 2.05) is 0 Å². The van der Waals surface area contributed by atoms with Gasteiger partial charge in [-0.2, -0.15) is 0 Å². The average Bonchev–Trinajstić information content (AvgIpc) is 3.03. The maximum atomic E-state index is 3.54. The highest BCUT2D eigenvalue weighted by atomic mass is 15.2. The predicted molar refractivity (Wildman–Crippen MR) is 85.1 cm³/mol. The Kier molecular flexibility index (Phi) is 4.13. The molecule has 2 heteroatoms. The first kappa shape index (κ1) is 14.1. The van der Waals surface area contributed by atoms with E-state index in [1.54, 1.807) is 5.56 Å². The fraction of sp³-hybridized carbons (Fsp3) is 0.667. The zero-order valence-corrected chi connectivity index (χ0v) is 13.0. The van der Waals surface area contributed by atoms with Crippen molar-refractivity contribution < 1.29 is 0 Å². The van der Waals surface area contributed by atoms with Crippen molar-refractivity contribution in [2.24, 2.45) is 0 Å². The Balaban J connectivity index is 1.91. The number of hydrogen-bond acceptors (Lipinski definition) is 2. The van der Waals surface area contributed by atoms with Crippen LogP contribution >= 0.6 is 0 Å². The van der Waals surface area contributed by atoms with Crippen molar-refractivity contribution >= 4 is 0 Å². The number of nitrogens with zero attached hydrogens (tertiary/aromatic N) is 1. The van der Waals surface area contributed by atoms with Gasteiger partial charge in [0.15, 0.2) is 0 Å². The lowest BCUT2D eigenvalue weighted by Gasteiger charge is -2.45. The molecule has 0 saturated carbocycles. The van der Waals surface area contributed by atoms with Crippen LogP contribution in [0.5, 0.6) is 0 Å². The summed E-state index contributed by atoms with van der Waals surface area (Å²) in [7, 11) is 0. The molecule has 2 saturated heterocycles. The van der Waals surface area contributed by atoms with Gasteiger partial charge < -0.3 is 5.32 Å². The number of rotatable bonds is 3. The van der Waals surface area contributed by atoms with Crippen LogP contribution < -0.4 is 5.32 Å². The molecule has 2 heterocycles. The summed E-state index contributed by atoms with van der Waals surface area (Å²) in [6, 6.07) is 9.50. The molecule has 2 nitrogen and oxygen atoms in total. The molecule has 20 heavy (non-hydrogen) atoms. The van der Waals surface area contributed by atoms with Crippen molar-refractivity contribution in [3.05, 3.63) is 35.4 Å². The minimum Gasteiger partial charge on any atom is -0.317 e. The van der Waals surface area contributed by atoms with Crippen LogP contribution in [-0.2, 0) is 5.54 Å². The fourth-order valence-corrected chi connectivity index (χ4v) is 3.95. The highest BCUT2D eigenvalue weighted by Gasteiger charge is 2.40. The van der Waals surface area contributed by atoms with Gasteiger partial charge in [-0.3, -0.25) is 4.90 Å². The van der Waals surface area contributed by atoms with E-state index < -0.39 is 0 Å². The summed E-state index contributed by atoms with van der Waals surface area (Å²) >= 11 is 0. The Morgan fingerprint density at radius 3 is 2.15 bits per heavy atom. The summed E-state index contributed by atoms with van der Waals surface area (Å²) < 4.78 is 0. The lowest BCUT2D eigenvalue weighted by Crippen LogP contribution is -2.51. The molecule has 1 aromatic rings. The summed E-state index contributed by atoms with van der Waals surface area (Å²) in [5.74, 6) is 0.625. The number of piperidine rings is 1. The highest BCUT2D eigenvalue weighted by molar-refractivity contribution is 5.31. The van der Waals surface area contributed by atoms with Crippen LogP contribution in [0.4, 0.5) is 0 Å². The summed E-state index contributed by atoms with van der Waals surface area (Å²) in [4.78, 5) is 2.76. The molecule has 1 aromatic carbocycles. The Morgan fingerprint density at radius 1 is 1.00 bits per heavy atom. The molecule has 3 rings (SSSR count). The normalized spacial score (nSPS) is 23.4. The third-order valence-electron chi connectivity index (χ3n) is 5.26. The quantitative estimate of drug-likeness (QED) is 0.906. The molecule has 1 N–H and O–H groups in total. The van der Waals surface area contributed by atoms with Crippen molar-refractivity contribution in [1.82, 2.24) is 10.2 Å². The van der Waals surface area contributed by atoms with E-state index in [1.165, 1.54) is 44.3 Å². The molecule has 0 spiro atoms. The lowest BCUT2D eigenvalue weighted by atomic mass is 9.79. The van der Waals surface area contributed by atoms with Gasteiger partial charge in [0.1, 0.15) is 0 Å². The molecular weight excluding hydrogens is 244 g/mol. The molecule has 0 aromatic heterocycles. The van der Waals surface area contributed by atoms with Gasteiger partial charge in [0, 0.05) is 5.54 Å². The van der Waals surface area contributed by atoms with Gasteiger partial charge in [-0.25, -0.2) is 0 Å². The predicted octanol–water partition coefficient (Wildman–Crippen LogP) is 3.48. The van der Waals surface area contributed by atoms with Crippen LogP contribution in [0.25, 0.3) is 0 Å². The van der Waals surface area contributed by atoms with Crippen LogP contribution in [0, 0.1) is 0 Å². The largest absolute Gasteiger partial charge is 0.317 e. The van der Waals surface area contributed by atoms with E-state index in [0.29, 0.717) is 11.5 Å². The third kappa shape index (κ3) is 2.51. The first-order valence-electron chi connectivity index (χ1n) is 8.29. The van der Waals surface area contributed by atoms with E-state index in [9.17, 15) is 0 Å². The second kappa shape index (κ2) is 5.87. The second-order valence-corrected chi connectivity index (χ2v) is 6.75. The van der Waals surface area contributed by atoms with Gasteiger partial charge in [-0.05, 0) is 68.9 Å². The minimum atomic E-state index is 0.303. The lowest BCUT2D eigenvalue weighted by molar-refractivity contribution is 0.0777. The molecule has 0 atom stereocenters. The van der Waals surface area contributed by atoms with Gasteiger partial charge in [-0.15, -0.1) is 0 Å². The van der Waals surface area contributed by atoms with Crippen LogP contribution in [0.2, 0.25) is 0 Å². The summed E-state index contributed by atoms with van der Waals surface area (Å²) in [6.45, 7) is 9.42. The van der Waals surface area contributed by atoms with Crippen LogP contribution in [-0.4, -0.2) is 31.1 Å². The Hall–Kier alpha value is -0.860. The SMILES string of the molecule is CC(C)c1ccc(C2(N3CCCC3)CCNCC2)cc1. The van der Waals surface area contributed by atoms with Crippen molar-refractivity contribution in [1.29, 1.82) is 0 Å². The van der Waals surface area contributed by atoms with E-state index in [-0.39, 0.29) is 0 Å². The number of likely N-dealkylation sites (tertiary alicyclic amines) is 1. The Labute approximate surface area is 123 Å². The molecule has 0 unspecified atom stereocenters. The molecule has 2 fully saturated rings. The third-order valence-corrected chi connectivity index (χ3v) is 5.26. The van der Waals surface area contributed by atoms with E-state index >= 15 is 0 Å². The molecule has 0 bridgehead atoms. The Bertz CT molecular complexity index is 423. The smallest absolute Gasteiger partial charge is 0.0484 e. The van der Waals surface area contributed by atoms with E-state index in [0.717, 1.165) is 13.1 Å². The number of nitrogens with one attached hydrogen (secondary N) is 1. The Morgan fingerprint density at radius 2 is 1.60 bits per heavy atom.